The summed E-state index contributed by atoms with van der Waals surface area (Å²) in [6.45, 7) is 5.18. The van der Waals surface area contributed by atoms with Crippen LogP contribution in [-0.4, -0.2) is 29.2 Å². The lowest BCUT2D eigenvalue weighted by Crippen LogP contribution is -2.33. The molecule has 0 unspecified atom stereocenters. The van der Waals surface area contributed by atoms with Crippen molar-refractivity contribution in [2.45, 2.75) is 20.3 Å². The van der Waals surface area contributed by atoms with E-state index >= 15 is 0 Å². The number of rotatable bonds is 5. The van der Waals surface area contributed by atoms with E-state index < -0.39 is 0 Å². The van der Waals surface area contributed by atoms with Crippen LogP contribution in [0.3, 0.4) is 0 Å². The number of hydrogen-bond acceptors (Lipinski definition) is 1. The van der Waals surface area contributed by atoms with Gasteiger partial charge in [-0.3, -0.25) is 4.79 Å². The molecule has 0 aromatic heterocycles. The molecule has 0 aliphatic rings. The van der Waals surface area contributed by atoms with Gasteiger partial charge in [-0.05, 0) is 31.0 Å². The third-order valence-corrected chi connectivity index (χ3v) is 2.92. The van der Waals surface area contributed by atoms with Gasteiger partial charge >= 0.3 is 0 Å². The fraction of sp³-hybridized carbons (Fsp3) is 0.462. The van der Waals surface area contributed by atoms with Gasteiger partial charge in [0.2, 0.25) is 0 Å². The van der Waals surface area contributed by atoms with Crippen molar-refractivity contribution in [3.63, 3.8) is 0 Å². The Balaban J connectivity index is 2.95. The van der Waals surface area contributed by atoms with Gasteiger partial charge in [0.05, 0.1) is 0 Å². The fourth-order valence-corrected chi connectivity index (χ4v) is 2.11. The van der Waals surface area contributed by atoms with E-state index in [-0.39, 0.29) is 11.7 Å². The fourth-order valence-electron chi connectivity index (χ4n) is 1.68. The predicted octanol–water partition coefficient (Wildman–Crippen LogP) is 3.38. The average Bonchev–Trinajstić information content (AvgIpc) is 2.31. The maximum Gasteiger partial charge on any atom is 0.254 e. The summed E-state index contributed by atoms with van der Waals surface area (Å²) in [5, 5.41) is 0.729. The first kappa shape index (κ1) is 14.2. The molecule has 0 spiro atoms. The van der Waals surface area contributed by atoms with E-state index in [4.69, 9.17) is 0 Å². The van der Waals surface area contributed by atoms with Crippen molar-refractivity contribution >= 4 is 21.8 Å². The summed E-state index contributed by atoms with van der Waals surface area (Å²) in [6, 6.07) is 4.33. The summed E-state index contributed by atoms with van der Waals surface area (Å²) in [4.78, 5) is 14.0. The Morgan fingerprint density at radius 1 is 1.41 bits per heavy atom. The largest absolute Gasteiger partial charge is 0.338 e. The summed E-state index contributed by atoms with van der Waals surface area (Å²) in [6.07, 6.45) is 0.896. The smallest absolute Gasteiger partial charge is 0.254 e. The van der Waals surface area contributed by atoms with Crippen LogP contribution in [0.5, 0.6) is 0 Å². The summed E-state index contributed by atoms with van der Waals surface area (Å²) in [5.41, 5.74) is 1.27. The standard InChI is InChI=1S/C13H17BrFNO/c1-3-7-16(8-6-14)13(17)12-9-11(15)5-4-10(12)2/h4-5,9H,3,6-8H2,1-2H3. The highest BCUT2D eigenvalue weighted by Gasteiger charge is 2.16. The number of carbonyl (C=O) groups is 1. The second-order valence-corrected chi connectivity index (χ2v) is 4.73. The molecule has 0 bridgehead atoms. The highest BCUT2D eigenvalue weighted by Crippen LogP contribution is 2.13. The van der Waals surface area contributed by atoms with Gasteiger partial charge in [-0.1, -0.05) is 28.9 Å². The first-order chi connectivity index (χ1) is 8.10. The molecule has 1 aromatic rings. The lowest BCUT2D eigenvalue weighted by atomic mass is 10.1. The Morgan fingerprint density at radius 2 is 2.12 bits per heavy atom. The molecular formula is C13H17BrFNO. The number of benzene rings is 1. The Hall–Kier alpha value is -0.900. The second kappa shape index (κ2) is 6.74. The molecule has 0 heterocycles. The van der Waals surface area contributed by atoms with Crippen molar-refractivity contribution in [3.8, 4) is 0 Å². The van der Waals surface area contributed by atoms with Crippen molar-refractivity contribution in [1.82, 2.24) is 4.90 Å². The molecule has 2 nitrogen and oxygen atoms in total. The van der Waals surface area contributed by atoms with Gasteiger partial charge in [0.1, 0.15) is 5.82 Å². The molecule has 0 aliphatic carbocycles. The van der Waals surface area contributed by atoms with Gasteiger partial charge in [0, 0.05) is 24.0 Å². The van der Waals surface area contributed by atoms with Crippen LogP contribution >= 0.6 is 15.9 Å². The van der Waals surface area contributed by atoms with Gasteiger partial charge in [0.15, 0.2) is 0 Å². The molecule has 0 fully saturated rings. The number of carbonyl (C=O) groups excluding carboxylic acids is 1. The van der Waals surface area contributed by atoms with Crippen molar-refractivity contribution in [1.29, 1.82) is 0 Å². The molecule has 17 heavy (non-hydrogen) atoms. The first-order valence-corrected chi connectivity index (χ1v) is 6.83. The molecule has 0 atom stereocenters. The summed E-state index contributed by atoms with van der Waals surface area (Å²) >= 11 is 3.33. The molecule has 0 aliphatic heterocycles. The summed E-state index contributed by atoms with van der Waals surface area (Å²) in [7, 11) is 0. The van der Waals surface area contributed by atoms with E-state index in [2.05, 4.69) is 15.9 Å². The average molecular weight is 302 g/mol. The number of aryl methyl sites for hydroxylation is 1. The molecule has 0 N–H and O–H groups in total. The molecule has 4 heteroatoms. The molecule has 0 saturated carbocycles. The zero-order valence-corrected chi connectivity index (χ0v) is 11.8. The minimum absolute atomic E-state index is 0.0942. The van der Waals surface area contributed by atoms with Crippen molar-refractivity contribution in [2.24, 2.45) is 0 Å². The highest BCUT2D eigenvalue weighted by molar-refractivity contribution is 9.09. The second-order valence-electron chi connectivity index (χ2n) is 3.94. The number of hydrogen-bond donors (Lipinski definition) is 0. The Labute approximate surface area is 110 Å². The van der Waals surface area contributed by atoms with E-state index in [0.29, 0.717) is 18.7 Å². The first-order valence-electron chi connectivity index (χ1n) is 5.71. The number of amides is 1. The molecule has 1 aromatic carbocycles. The van der Waals surface area contributed by atoms with E-state index in [1.165, 1.54) is 12.1 Å². The molecule has 94 valence electrons. The van der Waals surface area contributed by atoms with Crippen LogP contribution in [0.1, 0.15) is 29.3 Å². The zero-order valence-electron chi connectivity index (χ0n) is 10.2. The molecule has 0 saturated heterocycles. The van der Waals surface area contributed by atoms with Crippen LogP contribution in [0.15, 0.2) is 18.2 Å². The third kappa shape index (κ3) is 3.80. The van der Waals surface area contributed by atoms with Crippen LogP contribution in [-0.2, 0) is 0 Å². The van der Waals surface area contributed by atoms with E-state index in [0.717, 1.165) is 17.3 Å². The molecule has 1 rings (SSSR count). The quantitative estimate of drug-likeness (QED) is 0.764. The summed E-state index contributed by atoms with van der Waals surface area (Å²) in [5.74, 6) is -0.461. The van der Waals surface area contributed by atoms with Gasteiger partial charge in [0.25, 0.3) is 5.91 Å². The van der Waals surface area contributed by atoms with E-state index in [1.54, 1.807) is 11.0 Å². The topological polar surface area (TPSA) is 20.3 Å². The normalized spacial score (nSPS) is 10.4. The molecule has 1 amide bonds. The summed E-state index contributed by atoms with van der Waals surface area (Å²) < 4.78 is 13.2. The van der Waals surface area contributed by atoms with Crippen LogP contribution in [0.2, 0.25) is 0 Å². The highest BCUT2D eigenvalue weighted by atomic mass is 79.9. The zero-order chi connectivity index (χ0) is 12.8. The lowest BCUT2D eigenvalue weighted by Gasteiger charge is -2.22. The SMILES string of the molecule is CCCN(CCBr)C(=O)c1cc(F)ccc1C. The minimum atomic E-state index is -0.366. The minimum Gasteiger partial charge on any atom is -0.338 e. The van der Waals surface area contributed by atoms with Crippen LogP contribution in [0.25, 0.3) is 0 Å². The van der Waals surface area contributed by atoms with E-state index in [1.807, 2.05) is 13.8 Å². The lowest BCUT2D eigenvalue weighted by molar-refractivity contribution is 0.0765. The molecule has 0 radical (unpaired) electrons. The number of halogens is 2. The monoisotopic (exact) mass is 301 g/mol. The van der Waals surface area contributed by atoms with Crippen molar-refractivity contribution < 1.29 is 9.18 Å². The van der Waals surface area contributed by atoms with Crippen LogP contribution in [0.4, 0.5) is 4.39 Å². The van der Waals surface area contributed by atoms with E-state index in [9.17, 15) is 9.18 Å². The van der Waals surface area contributed by atoms with Gasteiger partial charge < -0.3 is 4.90 Å². The Bertz CT molecular complexity index is 389. The van der Waals surface area contributed by atoms with Gasteiger partial charge in [-0.15, -0.1) is 0 Å². The number of alkyl halides is 1. The third-order valence-electron chi connectivity index (χ3n) is 2.57. The number of nitrogens with zero attached hydrogens (tertiary/aromatic N) is 1. The van der Waals surface area contributed by atoms with Crippen LogP contribution in [0, 0.1) is 12.7 Å². The predicted molar refractivity (Wildman–Crippen MR) is 71.1 cm³/mol. The van der Waals surface area contributed by atoms with Crippen LogP contribution < -0.4 is 0 Å². The maximum atomic E-state index is 13.2. The van der Waals surface area contributed by atoms with Gasteiger partial charge in [-0.25, -0.2) is 4.39 Å². The van der Waals surface area contributed by atoms with Gasteiger partial charge in [-0.2, -0.15) is 0 Å². The maximum absolute atomic E-state index is 13.2. The van der Waals surface area contributed by atoms with Crippen molar-refractivity contribution in [3.05, 3.63) is 35.1 Å². The Kier molecular flexibility index (Phi) is 5.62. The molecular weight excluding hydrogens is 285 g/mol. The van der Waals surface area contributed by atoms with Crippen molar-refractivity contribution in [2.75, 3.05) is 18.4 Å². The Morgan fingerprint density at radius 3 is 2.71 bits per heavy atom.